The number of nitrogens with zero attached hydrogens (tertiary/aromatic N) is 4. The number of carbonyl (C=O) groups excluding carboxylic acids is 1. The summed E-state index contributed by atoms with van der Waals surface area (Å²) in [6.45, 7) is 3.61. The first kappa shape index (κ1) is 21.6. The molecule has 1 saturated heterocycles. The highest BCUT2D eigenvalue weighted by Gasteiger charge is 2.32. The van der Waals surface area contributed by atoms with Gasteiger partial charge in [0.25, 0.3) is 5.69 Å². The molecule has 0 atom stereocenters. The summed E-state index contributed by atoms with van der Waals surface area (Å²) in [7, 11) is 0. The first-order valence-corrected chi connectivity index (χ1v) is 10.9. The first-order chi connectivity index (χ1) is 16.5. The highest BCUT2D eigenvalue weighted by atomic mass is 16.6. The van der Waals surface area contributed by atoms with Gasteiger partial charge < -0.3 is 14.7 Å². The number of non-ortho nitro benzene ring substituents is 1. The molecular formula is C25H22N4O5. The van der Waals surface area contributed by atoms with Gasteiger partial charge in [-0.15, -0.1) is 0 Å². The van der Waals surface area contributed by atoms with Crippen LogP contribution in [0, 0.1) is 10.1 Å². The molecule has 0 amide bonds. The molecule has 34 heavy (non-hydrogen) atoms. The minimum atomic E-state index is -0.477. The van der Waals surface area contributed by atoms with Crippen molar-refractivity contribution in [1.82, 2.24) is 9.88 Å². The van der Waals surface area contributed by atoms with Crippen LogP contribution in [-0.4, -0.2) is 51.9 Å². The summed E-state index contributed by atoms with van der Waals surface area (Å²) >= 11 is 0. The summed E-state index contributed by atoms with van der Waals surface area (Å²) in [6, 6.07) is 14.8. The van der Waals surface area contributed by atoms with Crippen LogP contribution >= 0.6 is 0 Å². The van der Waals surface area contributed by atoms with Gasteiger partial charge in [0.1, 0.15) is 17.3 Å². The summed E-state index contributed by atoms with van der Waals surface area (Å²) in [5.41, 5.74) is 1.55. The number of phenols is 1. The van der Waals surface area contributed by atoms with Crippen LogP contribution in [0.5, 0.6) is 11.5 Å². The van der Waals surface area contributed by atoms with Crippen LogP contribution in [0.15, 0.2) is 66.6 Å². The molecule has 0 saturated carbocycles. The van der Waals surface area contributed by atoms with Gasteiger partial charge in [0, 0.05) is 51.1 Å². The monoisotopic (exact) mass is 458 g/mol. The fourth-order valence-corrected chi connectivity index (χ4v) is 4.19. The third-order valence-corrected chi connectivity index (χ3v) is 6.05. The first-order valence-electron chi connectivity index (χ1n) is 10.9. The molecule has 1 fully saturated rings. The lowest BCUT2D eigenvalue weighted by Gasteiger charge is -2.35. The molecule has 0 unspecified atom stereocenters. The second-order valence-corrected chi connectivity index (χ2v) is 8.18. The van der Waals surface area contributed by atoms with Crippen LogP contribution < -0.4 is 9.64 Å². The molecule has 1 aromatic heterocycles. The molecule has 2 aliphatic rings. The molecule has 9 heteroatoms. The van der Waals surface area contributed by atoms with Crippen molar-refractivity contribution in [2.45, 2.75) is 6.54 Å². The smallest absolute Gasteiger partial charge is 0.269 e. The molecular weight excluding hydrogens is 436 g/mol. The van der Waals surface area contributed by atoms with Crippen LogP contribution in [0.1, 0.15) is 21.5 Å². The maximum Gasteiger partial charge on any atom is 0.269 e. The van der Waals surface area contributed by atoms with E-state index in [9.17, 15) is 20.0 Å². The number of hydrogen-bond acceptors (Lipinski definition) is 8. The number of nitro benzene ring substituents is 1. The maximum atomic E-state index is 12.9. The Bertz CT molecular complexity index is 1270. The number of aromatic hydroxyl groups is 1. The molecule has 0 radical (unpaired) electrons. The normalized spacial score (nSPS) is 17.0. The Kier molecular flexibility index (Phi) is 5.69. The third kappa shape index (κ3) is 4.20. The van der Waals surface area contributed by atoms with Crippen LogP contribution in [-0.2, 0) is 6.54 Å². The number of anilines is 1. The van der Waals surface area contributed by atoms with E-state index < -0.39 is 4.92 Å². The van der Waals surface area contributed by atoms with Gasteiger partial charge in [-0.05, 0) is 48.0 Å². The van der Waals surface area contributed by atoms with Crippen molar-refractivity contribution in [2.24, 2.45) is 0 Å². The quantitative estimate of drug-likeness (QED) is 0.351. The van der Waals surface area contributed by atoms with Crippen molar-refractivity contribution >= 4 is 23.4 Å². The van der Waals surface area contributed by atoms with E-state index in [1.165, 1.54) is 18.2 Å². The molecule has 5 rings (SSSR count). The Morgan fingerprint density at radius 3 is 2.50 bits per heavy atom. The molecule has 2 aliphatic heterocycles. The molecule has 2 aromatic carbocycles. The van der Waals surface area contributed by atoms with E-state index in [-0.39, 0.29) is 23.0 Å². The largest absolute Gasteiger partial charge is 0.507 e. The van der Waals surface area contributed by atoms with Crippen LogP contribution in [0.2, 0.25) is 0 Å². The van der Waals surface area contributed by atoms with Crippen molar-refractivity contribution in [2.75, 3.05) is 31.1 Å². The van der Waals surface area contributed by atoms with E-state index in [1.54, 1.807) is 30.5 Å². The lowest BCUT2D eigenvalue weighted by Crippen LogP contribution is -2.46. The Hall–Kier alpha value is -4.24. The molecule has 1 N–H and O–H groups in total. The summed E-state index contributed by atoms with van der Waals surface area (Å²) < 4.78 is 5.92. The topological polar surface area (TPSA) is 109 Å². The van der Waals surface area contributed by atoms with Gasteiger partial charge in [0.15, 0.2) is 5.76 Å². The molecule has 0 spiro atoms. The average Bonchev–Trinajstić information content (AvgIpc) is 3.17. The summed E-state index contributed by atoms with van der Waals surface area (Å²) in [5, 5.41) is 21.4. The van der Waals surface area contributed by atoms with Gasteiger partial charge in [0.2, 0.25) is 5.78 Å². The average molecular weight is 458 g/mol. The Morgan fingerprint density at radius 2 is 1.82 bits per heavy atom. The number of rotatable bonds is 5. The maximum absolute atomic E-state index is 12.9. The predicted molar refractivity (Wildman–Crippen MR) is 126 cm³/mol. The number of Topliss-reactive ketones (excluding diaryl/α,β-unsaturated/α-hetero) is 1. The van der Waals surface area contributed by atoms with Gasteiger partial charge in [0.05, 0.1) is 16.1 Å². The van der Waals surface area contributed by atoms with Gasteiger partial charge in [-0.25, -0.2) is 4.98 Å². The highest BCUT2D eigenvalue weighted by Crippen LogP contribution is 2.40. The Morgan fingerprint density at radius 1 is 1.06 bits per heavy atom. The van der Waals surface area contributed by atoms with E-state index >= 15 is 0 Å². The molecule has 9 nitrogen and oxygen atoms in total. The Balaban J connectivity index is 1.32. The molecule has 0 bridgehead atoms. The predicted octanol–water partition coefficient (Wildman–Crippen LogP) is 3.63. The number of pyridine rings is 1. The number of allylic oxidation sites excluding steroid dienone is 1. The molecule has 3 heterocycles. The van der Waals surface area contributed by atoms with Crippen molar-refractivity contribution in [3.63, 3.8) is 0 Å². The van der Waals surface area contributed by atoms with Gasteiger partial charge in [-0.1, -0.05) is 6.07 Å². The van der Waals surface area contributed by atoms with E-state index in [1.807, 2.05) is 18.2 Å². The van der Waals surface area contributed by atoms with E-state index in [0.29, 0.717) is 29.0 Å². The number of piperazine rings is 1. The highest BCUT2D eigenvalue weighted by molar-refractivity contribution is 6.15. The summed E-state index contributed by atoms with van der Waals surface area (Å²) in [4.78, 5) is 32.1. The van der Waals surface area contributed by atoms with Gasteiger partial charge in [-0.3, -0.25) is 19.8 Å². The number of hydrogen-bond donors (Lipinski definition) is 1. The van der Waals surface area contributed by atoms with Crippen molar-refractivity contribution in [3.05, 3.63) is 93.4 Å². The van der Waals surface area contributed by atoms with Crippen molar-refractivity contribution < 1.29 is 19.6 Å². The van der Waals surface area contributed by atoms with Crippen LogP contribution in [0.3, 0.4) is 0 Å². The minimum Gasteiger partial charge on any atom is -0.507 e. The zero-order valence-electron chi connectivity index (χ0n) is 18.3. The fraction of sp³-hybridized carbons (Fsp3) is 0.200. The Labute approximate surface area is 195 Å². The molecule has 3 aromatic rings. The summed E-state index contributed by atoms with van der Waals surface area (Å²) in [6.07, 6.45) is 3.33. The second-order valence-electron chi connectivity index (χ2n) is 8.18. The lowest BCUT2D eigenvalue weighted by molar-refractivity contribution is -0.384. The SMILES string of the molecule is O=C1/C(=C\c2ccc([N+](=O)[O-])cc2)Oc2c1ccc(O)c2CN1CCN(c2ccccn2)CC1. The number of ketones is 1. The zero-order chi connectivity index (χ0) is 23.7. The van der Waals surface area contributed by atoms with Gasteiger partial charge >= 0.3 is 0 Å². The molecule has 0 aliphatic carbocycles. The van der Waals surface area contributed by atoms with Crippen LogP contribution in [0.25, 0.3) is 6.08 Å². The number of fused-ring (bicyclic) bond motifs is 1. The number of aromatic nitrogens is 1. The number of nitro groups is 1. The van der Waals surface area contributed by atoms with E-state index in [2.05, 4.69) is 14.8 Å². The van der Waals surface area contributed by atoms with E-state index in [0.717, 1.165) is 32.0 Å². The lowest BCUT2D eigenvalue weighted by atomic mass is 10.0. The summed E-state index contributed by atoms with van der Waals surface area (Å²) in [5.74, 6) is 1.23. The number of benzene rings is 2. The minimum absolute atomic E-state index is 0.0283. The number of ether oxygens (including phenoxy) is 1. The van der Waals surface area contributed by atoms with Gasteiger partial charge in [-0.2, -0.15) is 0 Å². The number of carbonyl (C=O) groups is 1. The zero-order valence-corrected chi connectivity index (χ0v) is 18.3. The van der Waals surface area contributed by atoms with Crippen LogP contribution in [0.4, 0.5) is 11.5 Å². The van der Waals surface area contributed by atoms with Crippen molar-refractivity contribution in [1.29, 1.82) is 0 Å². The second kappa shape index (κ2) is 8.95. The third-order valence-electron chi connectivity index (χ3n) is 6.05. The van der Waals surface area contributed by atoms with Crippen molar-refractivity contribution in [3.8, 4) is 11.5 Å². The fourth-order valence-electron chi connectivity index (χ4n) is 4.19. The standard InChI is InChI=1S/C25H22N4O5/c30-21-9-8-19-24(31)22(15-17-4-6-18(7-5-17)29(32)33)34-25(19)20(21)16-27-11-13-28(14-12-27)23-3-1-2-10-26-23/h1-10,15,30H,11-14,16H2/b22-15+. The molecule has 172 valence electrons. The number of phenolic OH excluding ortho intramolecular Hbond substituents is 1. The van der Waals surface area contributed by atoms with E-state index in [4.69, 9.17) is 4.74 Å².